The summed E-state index contributed by atoms with van der Waals surface area (Å²) in [5, 5.41) is 23.5. The number of aryl methyl sites for hydroxylation is 1. The maximum Gasteiger partial charge on any atom is 0.323 e. The molecule has 0 amide bonds. The third-order valence-corrected chi connectivity index (χ3v) is 6.84. The van der Waals surface area contributed by atoms with E-state index >= 15 is 0 Å². The lowest BCUT2D eigenvalue weighted by Gasteiger charge is -2.15. The minimum absolute atomic E-state index is 0.0537. The summed E-state index contributed by atoms with van der Waals surface area (Å²) in [6, 6.07) is 15.1. The second-order valence-electron chi connectivity index (χ2n) is 9.43. The number of benzene rings is 2. The molecule has 2 heterocycles. The van der Waals surface area contributed by atoms with Gasteiger partial charge in [-0.2, -0.15) is 5.21 Å². The third-order valence-electron chi connectivity index (χ3n) is 6.54. The van der Waals surface area contributed by atoms with Gasteiger partial charge >= 0.3 is 11.9 Å². The average Bonchev–Trinajstić information content (AvgIpc) is 3.59. The minimum Gasteiger partial charge on any atom is -0.481 e. The van der Waals surface area contributed by atoms with Crippen molar-refractivity contribution in [3.63, 3.8) is 0 Å². The Kier molecular flexibility index (Phi) is 9.98. The average molecular weight is 566 g/mol. The number of hydrogen-bond donors (Lipinski definition) is 3. The summed E-state index contributed by atoms with van der Waals surface area (Å²) in [4.78, 5) is 27.7. The molecule has 12 heteroatoms. The Morgan fingerprint density at radius 1 is 1.12 bits per heavy atom. The van der Waals surface area contributed by atoms with E-state index in [-0.39, 0.29) is 24.6 Å². The molecule has 0 radical (unpaired) electrons. The van der Waals surface area contributed by atoms with Gasteiger partial charge in [0.25, 0.3) is 0 Å². The summed E-state index contributed by atoms with van der Waals surface area (Å²) in [5.41, 5.74) is 10.4. The fourth-order valence-corrected chi connectivity index (χ4v) is 4.62. The molecule has 0 fully saturated rings. The zero-order valence-corrected chi connectivity index (χ0v) is 23.0. The van der Waals surface area contributed by atoms with Crippen LogP contribution in [0.15, 0.2) is 48.5 Å². The van der Waals surface area contributed by atoms with E-state index in [4.69, 9.17) is 27.2 Å². The van der Waals surface area contributed by atoms with Gasteiger partial charge in [-0.25, -0.2) is 4.98 Å². The highest BCUT2D eigenvalue weighted by atomic mass is 35.5. The minimum atomic E-state index is -0.930. The molecule has 0 saturated heterocycles. The lowest BCUT2D eigenvalue weighted by atomic mass is 9.98. The zero-order chi connectivity index (χ0) is 28.5. The smallest absolute Gasteiger partial charge is 0.323 e. The number of nitrogens with two attached hydrogens (primary N) is 1. The molecule has 0 aliphatic carbocycles. The highest BCUT2D eigenvalue weighted by Crippen LogP contribution is 2.30. The molecule has 4 rings (SSSR count). The molecule has 0 saturated carbocycles. The Hall–Kier alpha value is -4.09. The molecular formula is C28H32ClN7O4. The van der Waals surface area contributed by atoms with Crippen LogP contribution in [0.3, 0.4) is 0 Å². The number of hydrogen-bond acceptors (Lipinski definition) is 8. The molecule has 11 nitrogen and oxygen atoms in total. The van der Waals surface area contributed by atoms with E-state index in [9.17, 15) is 9.59 Å². The molecule has 0 spiro atoms. The summed E-state index contributed by atoms with van der Waals surface area (Å²) in [5.74, 6) is -0.196. The van der Waals surface area contributed by atoms with Gasteiger partial charge < -0.3 is 20.1 Å². The summed E-state index contributed by atoms with van der Waals surface area (Å²) in [6.45, 7) is 2.51. The highest BCUT2D eigenvalue weighted by Gasteiger charge is 2.21. The third kappa shape index (κ3) is 7.30. The number of H-pyrrole nitrogens is 1. The number of ether oxygens (including phenoxy) is 1. The number of tetrazole rings is 1. The first-order valence-corrected chi connectivity index (χ1v) is 13.5. The van der Waals surface area contributed by atoms with Crippen LogP contribution in [0.5, 0.6) is 0 Å². The Morgan fingerprint density at radius 2 is 1.88 bits per heavy atom. The van der Waals surface area contributed by atoms with Crippen LogP contribution in [0.4, 0.5) is 0 Å². The first-order chi connectivity index (χ1) is 19.4. The lowest BCUT2D eigenvalue weighted by Crippen LogP contribution is -2.32. The van der Waals surface area contributed by atoms with Crippen LogP contribution < -0.4 is 5.73 Å². The van der Waals surface area contributed by atoms with Crippen LogP contribution in [-0.2, 0) is 33.9 Å². The maximum atomic E-state index is 12.5. The van der Waals surface area contributed by atoms with Gasteiger partial charge in [-0.15, -0.1) is 10.2 Å². The van der Waals surface area contributed by atoms with Crippen molar-refractivity contribution in [1.29, 1.82) is 0 Å². The van der Waals surface area contributed by atoms with Crippen LogP contribution in [-0.4, -0.2) is 53.3 Å². The second kappa shape index (κ2) is 13.8. The molecule has 1 atom stereocenters. The largest absolute Gasteiger partial charge is 0.481 e. The molecule has 0 aliphatic heterocycles. The number of carboxylic acids is 1. The number of aromatic nitrogens is 6. The number of nitrogens with zero attached hydrogens (tertiary/aromatic N) is 5. The number of unbranched alkanes of at least 4 members (excludes halogenated alkanes) is 1. The Labute approximate surface area is 236 Å². The van der Waals surface area contributed by atoms with E-state index in [0.29, 0.717) is 24.5 Å². The maximum absolute atomic E-state index is 12.5. The van der Waals surface area contributed by atoms with Crippen molar-refractivity contribution in [3.8, 4) is 22.5 Å². The lowest BCUT2D eigenvalue weighted by molar-refractivity contribution is -0.147. The standard InChI is InChI=1S/C28H32ClN7O4/c1-2-3-10-24-31-26(29)23(17-40-28(39)22(30)9-6-11-25(37)38)36(24)16-18-12-14-19(15-13-18)20-7-4-5-8-21(20)27-32-34-35-33-27/h4-5,7-8,12-15,22H,2-3,6,9-11,16-17,30H2,1H3,(H,37,38)(H,32,33,34,35)/t22-/m0/s1. The number of aromatic amines is 1. The van der Waals surface area contributed by atoms with Crippen molar-refractivity contribution in [3.05, 3.63) is 70.8 Å². The molecule has 2 aromatic heterocycles. The number of imidazole rings is 1. The topological polar surface area (TPSA) is 162 Å². The Morgan fingerprint density at radius 3 is 2.55 bits per heavy atom. The Bertz CT molecular complexity index is 1420. The van der Waals surface area contributed by atoms with Crippen LogP contribution in [0.2, 0.25) is 5.15 Å². The van der Waals surface area contributed by atoms with Gasteiger partial charge in [-0.1, -0.05) is 73.5 Å². The number of carbonyl (C=O) groups excluding carboxylic acids is 1. The fraction of sp³-hybridized carbons (Fsp3) is 0.357. The first kappa shape index (κ1) is 28.9. The van der Waals surface area contributed by atoms with Crippen LogP contribution in [0, 0.1) is 0 Å². The van der Waals surface area contributed by atoms with Crippen LogP contribution >= 0.6 is 11.6 Å². The summed E-state index contributed by atoms with van der Waals surface area (Å²) >= 11 is 6.51. The van der Waals surface area contributed by atoms with Gasteiger partial charge in [0.05, 0.1) is 5.69 Å². The van der Waals surface area contributed by atoms with Gasteiger partial charge in [0.1, 0.15) is 18.5 Å². The van der Waals surface area contributed by atoms with E-state index in [1.165, 1.54) is 0 Å². The number of esters is 1. The molecule has 4 aromatic rings. The number of nitrogens with one attached hydrogen (secondary N) is 1. The number of carboxylic acid groups (broad SMARTS) is 1. The number of rotatable bonds is 14. The quantitative estimate of drug-likeness (QED) is 0.188. The SMILES string of the molecule is CCCCc1nc(Cl)c(COC(=O)[C@@H](N)CCCC(=O)O)n1Cc1ccc(-c2ccccc2-c2nn[nH]n2)cc1. The van der Waals surface area contributed by atoms with Crippen molar-refractivity contribution < 1.29 is 19.4 Å². The normalized spacial score (nSPS) is 11.9. The van der Waals surface area contributed by atoms with E-state index in [1.807, 2.05) is 53.1 Å². The molecule has 4 N–H and O–H groups in total. The Balaban J connectivity index is 1.51. The summed E-state index contributed by atoms with van der Waals surface area (Å²) in [7, 11) is 0. The molecule has 40 heavy (non-hydrogen) atoms. The van der Waals surface area contributed by atoms with Gasteiger partial charge in [0.15, 0.2) is 5.15 Å². The molecule has 0 bridgehead atoms. The summed E-state index contributed by atoms with van der Waals surface area (Å²) in [6.07, 6.45) is 3.13. The van der Waals surface area contributed by atoms with Crippen molar-refractivity contribution in [2.75, 3.05) is 0 Å². The van der Waals surface area contributed by atoms with Gasteiger partial charge in [0.2, 0.25) is 5.82 Å². The van der Waals surface area contributed by atoms with Crippen LogP contribution in [0.1, 0.15) is 56.1 Å². The molecule has 210 valence electrons. The van der Waals surface area contributed by atoms with E-state index in [0.717, 1.165) is 47.3 Å². The monoisotopic (exact) mass is 565 g/mol. The van der Waals surface area contributed by atoms with Crippen molar-refractivity contribution in [1.82, 2.24) is 30.2 Å². The van der Waals surface area contributed by atoms with Gasteiger partial charge in [-0.3, -0.25) is 9.59 Å². The van der Waals surface area contributed by atoms with Crippen LogP contribution in [0.25, 0.3) is 22.5 Å². The molecular weight excluding hydrogens is 534 g/mol. The van der Waals surface area contributed by atoms with Gasteiger partial charge in [-0.05, 0) is 41.2 Å². The van der Waals surface area contributed by atoms with Crippen molar-refractivity contribution >= 4 is 23.5 Å². The molecule has 0 aliphatic rings. The molecule has 2 aromatic carbocycles. The van der Waals surface area contributed by atoms with Gasteiger partial charge in [0, 0.05) is 24.9 Å². The van der Waals surface area contributed by atoms with E-state index in [2.05, 4.69) is 32.5 Å². The predicted octanol–water partition coefficient (Wildman–Crippen LogP) is 4.40. The fourth-order valence-electron chi connectivity index (χ4n) is 4.37. The number of carbonyl (C=O) groups is 2. The number of aliphatic carboxylic acids is 1. The van der Waals surface area contributed by atoms with E-state index < -0.39 is 18.0 Å². The first-order valence-electron chi connectivity index (χ1n) is 13.2. The van der Waals surface area contributed by atoms with Crippen molar-refractivity contribution in [2.24, 2.45) is 5.73 Å². The number of halogens is 1. The van der Waals surface area contributed by atoms with E-state index in [1.54, 1.807) is 0 Å². The predicted molar refractivity (Wildman–Crippen MR) is 149 cm³/mol. The zero-order valence-electron chi connectivity index (χ0n) is 22.2. The second-order valence-corrected chi connectivity index (χ2v) is 9.79. The molecule has 0 unspecified atom stereocenters. The highest BCUT2D eigenvalue weighted by molar-refractivity contribution is 6.30. The van der Waals surface area contributed by atoms with Crippen molar-refractivity contribution in [2.45, 2.75) is 64.6 Å². The summed E-state index contributed by atoms with van der Waals surface area (Å²) < 4.78 is 7.46.